The van der Waals surface area contributed by atoms with Crippen molar-refractivity contribution in [2.75, 3.05) is 4.90 Å². The molecule has 1 aliphatic rings. The molecule has 0 N–H and O–H groups in total. The van der Waals surface area contributed by atoms with Gasteiger partial charge in [0, 0.05) is 38.7 Å². The van der Waals surface area contributed by atoms with Crippen LogP contribution in [0.15, 0.2) is 243 Å². The van der Waals surface area contributed by atoms with Gasteiger partial charge in [0.15, 0.2) is 0 Å². The van der Waals surface area contributed by atoms with Crippen molar-refractivity contribution in [2.45, 2.75) is 19.3 Å². The van der Waals surface area contributed by atoms with Gasteiger partial charge in [-0.05, 0) is 116 Å². The first kappa shape index (κ1) is 38.5. The third-order valence-corrected chi connectivity index (χ3v) is 13.6. The van der Waals surface area contributed by atoms with Gasteiger partial charge in [-0.1, -0.05) is 196 Å². The Balaban J connectivity index is 1.05. The summed E-state index contributed by atoms with van der Waals surface area (Å²) in [6.45, 7) is 4.72. The Bertz CT molecular complexity index is 3550. The van der Waals surface area contributed by atoms with E-state index in [2.05, 4.69) is 266 Å². The molecule has 11 aromatic rings. The lowest BCUT2D eigenvalue weighted by atomic mass is 9.82. The van der Waals surface area contributed by atoms with Crippen LogP contribution in [0.1, 0.15) is 25.0 Å². The molecule has 2 heteroatoms. The van der Waals surface area contributed by atoms with Crippen LogP contribution in [-0.2, 0) is 5.41 Å². The summed E-state index contributed by atoms with van der Waals surface area (Å²) in [4.78, 5) is 2.48. The predicted octanol–water partition coefficient (Wildman–Crippen LogP) is 17.2. The maximum Gasteiger partial charge on any atom is 0.0541 e. The molecule has 2 nitrogen and oxygen atoms in total. The number of hydrogen-bond donors (Lipinski definition) is 0. The number of hydrogen-bond acceptors (Lipinski definition) is 1. The topological polar surface area (TPSA) is 8.17 Å². The number of anilines is 3. The van der Waals surface area contributed by atoms with E-state index in [0.717, 1.165) is 28.3 Å². The van der Waals surface area contributed by atoms with Crippen LogP contribution in [0.3, 0.4) is 0 Å². The van der Waals surface area contributed by atoms with Crippen LogP contribution >= 0.6 is 0 Å². The van der Waals surface area contributed by atoms with Gasteiger partial charge in [0.1, 0.15) is 0 Å². The smallest absolute Gasteiger partial charge is 0.0541 e. The minimum absolute atomic E-state index is 0.111. The van der Waals surface area contributed by atoms with E-state index in [1.165, 1.54) is 83.0 Å². The molecule has 1 aliphatic carbocycles. The van der Waals surface area contributed by atoms with Crippen molar-refractivity contribution in [3.8, 4) is 61.3 Å². The van der Waals surface area contributed by atoms with Crippen molar-refractivity contribution in [2.24, 2.45) is 0 Å². The van der Waals surface area contributed by atoms with Gasteiger partial charge in [0.25, 0.3) is 0 Å². The standard InChI is InChI=1S/C63H46N2/c1-63(2)56-29-15-12-27-53(56)62-52(28-18-30-57(62)63)50-25-13-16-31-58(50)65(60-39-35-46(43-19-6-3-7-20-43)41-54(60)45-21-8-4-9-22-45)49-37-33-44(34-38-49)47-36-40-61-55(42-47)51-26-14-17-32-59(51)64(61)48-23-10-5-11-24-48/h3-42H,1-2H3. The minimum atomic E-state index is -0.111. The normalized spacial score (nSPS) is 12.6. The highest BCUT2D eigenvalue weighted by atomic mass is 15.1. The number of nitrogens with zero attached hydrogens (tertiary/aromatic N) is 2. The molecule has 10 aromatic carbocycles. The average molecular weight is 831 g/mol. The zero-order valence-electron chi connectivity index (χ0n) is 36.5. The summed E-state index contributed by atoms with van der Waals surface area (Å²) in [6, 6.07) is 88.9. The van der Waals surface area contributed by atoms with Crippen LogP contribution in [0.4, 0.5) is 17.1 Å². The third-order valence-electron chi connectivity index (χ3n) is 13.6. The van der Waals surface area contributed by atoms with E-state index in [1.807, 2.05) is 0 Å². The molecule has 0 spiro atoms. The van der Waals surface area contributed by atoms with Crippen LogP contribution in [-0.4, -0.2) is 4.57 Å². The predicted molar refractivity (Wildman–Crippen MR) is 275 cm³/mol. The van der Waals surface area contributed by atoms with Gasteiger partial charge in [0.2, 0.25) is 0 Å². The summed E-state index contributed by atoms with van der Waals surface area (Å²) in [6.07, 6.45) is 0. The van der Waals surface area contributed by atoms with E-state index in [9.17, 15) is 0 Å². The molecule has 1 aromatic heterocycles. The van der Waals surface area contributed by atoms with Gasteiger partial charge in [-0.25, -0.2) is 0 Å². The number of fused-ring (bicyclic) bond motifs is 6. The van der Waals surface area contributed by atoms with Crippen molar-refractivity contribution >= 4 is 38.9 Å². The maximum atomic E-state index is 2.48. The van der Waals surface area contributed by atoms with Crippen LogP contribution in [0.2, 0.25) is 0 Å². The molecule has 1 heterocycles. The van der Waals surface area contributed by atoms with Crippen LogP contribution in [0.5, 0.6) is 0 Å². The second-order valence-electron chi connectivity index (χ2n) is 17.7. The molecule has 0 saturated carbocycles. The summed E-state index contributed by atoms with van der Waals surface area (Å²) in [7, 11) is 0. The second kappa shape index (κ2) is 15.6. The zero-order valence-corrected chi connectivity index (χ0v) is 36.5. The Labute approximate surface area is 381 Å². The molecular weight excluding hydrogens is 785 g/mol. The van der Waals surface area contributed by atoms with E-state index >= 15 is 0 Å². The molecule has 0 atom stereocenters. The molecular formula is C63H46N2. The van der Waals surface area contributed by atoms with Gasteiger partial charge < -0.3 is 9.47 Å². The SMILES string of the molecule is CC1(C)c2ccccc2-c2c(-c3ccccc3N(c3ccc(-c4ccc5c(c4)c4ccccc4n5-c4ccccc4)cc3)c3ccc(-c4ccccc4)cc3-c3ccccc3)cccc21. The number of para-hydroxylation sites is 3. The zero-order chi connectivity index (χ0) is 43.5. The van der Waals surface area contributed by atoms with Crippen LogP contribution in [0, 0.1) is 0 Å². The highest BCUT2D eigenvalue weighted by Gasteiger charge is 2.37. The number of aromatic nitrogens is 1. The second-order valence-corrected chi connectivity index (χ2v) is 17.7. The molecule has 308 valence electrons. The van der Waals surface area contributed by atoms with Crippen molar-refractivity contribution in [3.63, 3.8) is 0 Å². The van der Waals surface area contributed by atoms with Crippen molar-refractivity contribution in [3.05, 3.63) is 254 Å². The van der Waals surface area contributed by atoms with Gasteiger partial charge in [-0.3, -0.25) is 0 Å². The molecule has 0 saturated heterocycles. The fraction of sp³-hybridized carbons (Fsp3) is 0.0476. The highest BCUT2D eigenvalue weighted by molar-refractivity contribution is 6.10. The molecule has 0 amide bonds. The summed E-state index contributed by atoms with van der Waals surface area (Å²) in [5.41, 5.74) is 21.6. The summed E-state index contributed by atoms with van der Waals surface area (Å²) in [5, 5.41) is 2.49. The van der Waals surface area contributed by atoms with Gasteiger partial charge in [-0.2, -0.15) is 0 Å². The molecule has 0 unspecified atom stereocenters. The Morgan fingerprint density at radius 1 is 0.338 bits per heavy atom. The highest BCUT2D eigenvalue weighted by Crippen LogP contribution is 2.54. The fourth-order valence-electron chi connectivity index (χ4n) is 10.5. The number of rotatable bonds is 8. The van der Waals surface area contributed by atoms with Gasteiger partial charge in [-0.15, -0.1) is 0 Å². The van der Waals surface area contributed by atoms with Crippen molar-refractivity contribution in [1.82, 2.24) is 4.57 Å². The summed E-state index contributed by atoms with van der Waals surface area (Å²) >= 11 is 0. The molecule has 65 heavy (non-hydrogen) atoms. The lowest BCUT2D eigenvalue weighted by molar-refractivity contribution is 0.660. The Kier molecular flexibility index (Phi) is 9.21. The average Bonchev–Trinajstić information content (AvgIpc) is 3.83. The minimum Gasteiger partial charge on any atom is -0.309 e. The van der Waals surface area contributed by atoms with Gasteiger partial charge >= 0.3 is 0 Å². The van der Waals surface area contributed by atoms with E-state index < -0.39 is 0 Å². The number of benzene rings is 10. The van der Waals surface area contributed by atoms with E-state index in [-0.39, 0.29) is 5.41 Å². The quantitative estimate of drug-likeness (QED) is 0.148. The molecule has 0 aliphatic heterocycles. The molecule has 12 rings (SSSR count). The Morgan fingerprint density at radius 2 is 0.877 bits per heavy atom. The van der Waals surface area contributed by atoms with Gasteiger partial charge in [0.05, 0.1) is 22.4 Å². The Morgan fingerprint density at radius 3 is 1.66 bits per heavy atom. The summed E-state index contributed by atoms with van der Waals surface area (Å²) < 4.78 is 2.38. The molecule has 0 bridgehead atoms. The van der Waals surface area contributed by atoms with Crippen LogP contribution in [0.25, 0.3) is 83.1 Å². The summed E-state index contributed by atoms with van der Waals surface area (Å²) in [5.74, 6) is 0. The Hall–Kier alpha value is -8.20. The fourth-order valence-corrected chi connectivity index (χ4v) is 10.5. The van der Waals surface area contributed by atoms with Crippen LogP contribution < -0.4 is 4.90 Å². The lowest BCUT2D eigenvalue weighted by Crippen LogP contribution is -2.15. The maximum absolute atomic E-state index is 2.48. The first-order valence-corrected chi connectivity index (χ1v) is 22.6. The monoisotopic (exact) mass is 830 g/mol. The first-order chi connectivity index (χ1) is 32.0. The first-order valence-electron chi connectivity index (χ1n) is 22.6. The van der Waals surface area contributed by atoms with Crippen molar-refractivity contribution < 1.29 is 0 Å². The lowest BCUT2D eigenvalue weighted by Gasteiger charge is -2.31. The molecule has 0 fully saturated rings. The van der Waals surface area contributed by atoms with Crippen molar-refractivity contribution in [1.29, 1.82) is 0 Å². The third kappa shape index (κ3) is 6.40. The van der Waals surface area contributed by atoms with E-state index in [4.69, 9.17) is 0 Å². The van der Waals surface area contributed by atoms with E-state index in [1.54, 1.807) is 0 Å². The largest absolute Gasteiger partial charge is 0.309 e. The van der Waals surface area contributed by atoms with E-state index in [0.29, 0.717) is 0 Å². The molecule has 0 radical (unpaired) electrons.